The number of hydrogen-bond donors (Lipinski definition) is 4. The second kappa shape index (κ2) is 7.43. The van der Waals surface area contributed by atoms with Gasteiger partial charge in [-0.1, -0.05) is 23.4 Å². The lowest BCUT2D eigenvalue weighted by Crippen LogP contribution is -2.15. The molecule has 3 rings (SSSR count). The van der Waals surface area contributed by atoms with Crippen molar-refractivity contribution >= 4 is 17.1 Å². The van der Waals surface area contributed by atoms with Crippen LogP contribution in [0.2, 0.25) is 0 Å². The third-order valence-corrected chi connectivity index (χ3v) is 3.47. The molecule has 5 N–H and O–H groups in total. The maximum atomic E-state index is 13.8. The maximum Gasteiger partial charge on any atom is 0.238 e. The minimum atomic E-state index is -0.407. The Morgan fingerprint density at radius 3 is 2.85 bits per heavy atom. The fourth-order valence-corrected chi connectivity index (χ4v) is 2.12. The van der Waals surface area contributed by atoms with E-state index in [-0.39, 0.29) is 29.6 Å². The predicted molar refractivity (Wildman–Crippen MR) is 92.7 cm³/mol. The summed E-state index contributed by atoms with van der Waals surface area (Å²) in [6.45, 7) is 0.173. The Labute approximate surface area is 147 Å². The first-order chi connectivity index (χ1) is 12.5. The molecule has 0 spiro atoms. The van der Waals surface area contributed by atoms with Gasteiger partial charge in [0.1, 0.15) is 29.2 Å². The van der Waals surface area contributed by atoms with Gasteiger partial charge in [0.25, 0.3) is 0 Å². The van der Waals surface area contributed by atoms with Crippen molar-refractivity contribution in [2.45, 2.75) is 6.54 Å². The van der Waals surface area contributed by atoms with Crippen LogP contribution >= 0.6 is 0 Å². The normalized spacial score (nSPS) is 11.3. The minimum absolute atomic E-state index is 0.0138. The van der Waals surface area contributed by atoms with Crippen LogP contribution in [0.15, 0.2) is 53.4 Å². The Hall–Kier alpha value is -3.75. The van der Waals surface area contributed by atoms with E-state index in [1.54, 1.807) is 24.3 Å². The van der Waals surface area contributed by atoms with Gasteiger partial charge < -0.3 is 20.7 Å². The molecule has 0 atom stereocenters. The van der Waals surface area contributed by atoms with Crippen molar-refractivity contribution < 1.29 is 14.0 Å². The highest BCUT2D eigenvalue weighted by atomic mass is 19.1. The number of benzene rings is 1. The molecule has 8 nitrogen and oxygen atoms in total. The number of nitrogens with zero attached hydrogens (tertiary/aromatic N) is 3. The van der Waals surface area contributed by atoms with Crippen LogP contribution in [-0.4, -0.2) is 25.9 Å². The molecule has 9 heteroatoms. The largest absolute Gasteiger partial charge is 0.492 e. The summed E-state index contributed by atoms with van der Waals surface area (Å²) in [5.74, 6) is -0.776. The van der Waals surface area contributed by atoms with Crippen molar-refractivity contribution in [3.63, 3.8) is 0 Å². The first-order valence-corrected chi connectivity index (χ1v) is 7.54. The summed E-state index contributed by atoms with van der Waals surface area (Å²) >= 11 is 0. The number of anilines is 1. The molecule has 0 aliphatic rings. The number of halogens is 1. The molecule has 0 fully saturated rings. The average Bonchev–Trinajstić information content (AvgIpc) is 3.16. The molecule has 3 aromatic rings. The van der Waals surface area contributed by atoms with Gasteiger partial charge in [-0.05, 0) is 12.1 Å². The van der Waals surface area contributed by atoms with Gasteiger partial charge in [0, 0.05) is 18.2 Å². The number of aromatic nitrogens is 3. The Kier molecular flexibility index (Phi) is 4.88. The molecule has 0 saturated heterocycles. The van der Waals surface area contributed by atoms with Gasteiger partial charge in [-0.25, -0.2) is 9.37 Å². The summed E-state index contributed by atoms with van der Waals surface area (Å²) in [5, 5.41) is 24.5. The molecule has 132 valence electrons. The second-order valence-electron chi connectivity index (χ2n) is 5.27. The third-order valence-electron chi connectivity index (χ3n) is 3.47. The van der Waals surface area contributed by atoms with Crippen molar-refractivity contribution in [3.8, 4) is 5.88 Å². The molecule has 0 saturated carbocycles. The molecule has 0 aliphatic heterocycles. The van der Waals surface area contributed by atoms with Crippen LogP contribution in [-0.2, 0) is 6.54 Å². The second-order valence-corrected chi connectivity index (χ2v) is 5.27. The number of nitrogen functional groups attached to an aromatic ring is 1. The van der Waals surface area contributed by atoms with E-state index >= 15 is 0 Å². The molecule has 26 heavy (non-hydrogen) atoms. The van der Waals surface area contributed by atoms with Crippen LogP contribution in [0.4, 0.5) is 10.1 Å². The Morgan fingerprint density at radius 2 is 2.15 bits per heavy atom. The van der Waals surface area contributed by atoms with Crippen molar-refractivity contribution in [1.29, 1.82) is 5.41 Å². The van der Waals surface area contributed by atoms with Crippen LogP contribution in [0.25, 0.3) is 5.70 Å². The van der Waals surface area contributed by atoms with Gasteiger partial charge in [-0.15, -0.1) is 0 Å². The molecule has 0 amide bonds. The average molecular weight is 354 g/mol. The van der Waals surface area contributed by atoms with E-state index in [1.807, 2.05) is 0 Å². The zero-order chi connectivity index (χ0) is 18.5. The smallest absolute Gasteiger partial charge is 0.238 e. The Bertz CT molecular complexity index is 956. The molecule has 0 unspecified atom stereocenters. The first-order valence-electron chi connectivity index (χ1n) is 7.54. The topological polar surface area (TPSA) is 134 Å². The first kappa shape index (κ1) is 17.1. The Balaban J connectivity index is 1.86. The van der Waals surface area contributed by atoms with E-state index in [4.69, 9.17) is 15.7 Å². The fraction of sp³-hybridized carbons (Fsp3) is 0.0588. The molecular formula is C17H15FN6O2. The standard InChI is InChI=1S/C17H15FN6O2/c18-11-4-2-1-3-10(11)8-21-15(14-5-6-26-24-14)7-12(19)16-22-9-13(20)17(25)23-16/h1-7,9,19,21H,8,20H2,(H,22,23,25)/b15-7-,19-12?. The number of nitrogens with one attached hydrogen (secondary N) is 2. The van der Waals surface area contributed by atoms with E-state index in [2.05, 4.69) is 20.4 Å². The maximum absolute atomic E-state index is 13.8. The van der Waals surface area contributed by atoms with Gasteiger partial charge in [-0.2, -0.15) is 4.98 Å². The fourth-order valence-electron chi connectivity index (χ4n) is 2.12. The van der Waals surface area contributed by atoms with E-state index < -0.39 is 5.88 Å². The number of rotatable bonds is 6. The summed E-state index contributed by atoms with van der Waals surface area (Å²) in [6.07, 6.45) is 4.00. The summed E-state index contributed by atoms with van der Waals surface area (Å²) in [4.78, 5) is 7.67. The van der Waals surface area contributed by atoms with Crippen LogP contribution in [0, 0.1) is 11.2 Å². The Morgan fingerprint density at radius 1 is 1.35 bits per heavy atom. The number of aromatic hydroxyl groups is 1. The quantitative estimate of drug-likeness (QED) is 0.498. The van der Waals surface area contributed by atoms with E-state index in [0.29, 0.717) is 17.0 Å². The van der Waals surface area contributed by atoms with Crippen LogP contribution in [0.1, 0.15) is 17.1 Å². The predicted octanol–water partition coefficient (Wildman–Crippen LogP) is 2.09. The molecule has 1 aromatic carbocycles. The zero-order valence-electron chi connectivity index (χ0n) is 13.5. The molecule has 2 heterocycles. The summed E-state index contributed by atoms with van der Waals surface area (Å²) in [7, 11) is 0. The van der Waals surface area contributed by atoms with Gasteiger partial charge in [0.15, 0.2) is 5.82 Å². The third kappa shape index (κ3) is 3.83. The van der Waals surface area contributed by atoms with Gasteiger partial charge in [0.2, 0.25) is 5.88 Å². The van der Waals surface area contributed by atoms with E-state index in [9.17, 15) is 9.50 Å². The lowest BCUT2D eigenvalue weighted by molar-refractivity contribution is 0.417. The lowest BCUT2D eigenvalue weighted by Gasteiger charge is -2.10. The molecular weight excluding hydrogens is 339 g/mol. The number of nitrogens with two attached hydrogens (primary N) is 1. The highest BCUT2D eigenvalue weighted by Gasteiger charge is 2.12. The van der Waals surface area contributed by atoms with Gasteiger partial charge >= 0.3 is 0 Å². The van der Waals surface area contributed by atoms with Gasteiger partial charge in [0.05, 0.1) is 11.9 Å². The monoisotopic (exact) mass is 354 g/mol. The number of allylic oxidation sites excluding steroid dienone is 1. The van der Waals surface area contributed by atoms with Crippen LogP contribution in [0.5, 0.6) is 5.88 Å². The van der Waals surface area contributed by atoms with Crippen molar-refractivity contribution in [1.82, 2.24) is 20.4 Å². The van der Waals surface area contributed by atoms with Gasteiger partial charge in [-0.3, -0.25) is 5.41 Å². The highest BCUT2D eigenvalue weighted by Crippen LogP contribution is 2.16. The van der Waals surface area contributed by atoms with Crippen molar-refractivity contribution in [2.75, 3.05) is 5.73 Å². The summed E-state index contributed by atoms with van der Waals surface area (Å²) < 4.78 is 18.6. The molecule has 0 radical (unpaired) electrons. The molecule has 0 bridgehead atoms. The summed E-state index contributed by atoms with van der Waals surface area (Å²) in [5.41, 5.74) is 6.66. The lowest BCUT2D eigenvalue weighted by atomic mass is 10.2. The van der Waals surface area contributed by atoms with Crippen molar-refractivity contribution in [2.24, 2.45) is 0 Å². The minimum Gasteiger partial charge on any atom is -0.492 e. The number of hydrogen-bond acceptors (Lipinski definition) is 8. The zero-order valence-corrected chi connectivity index (χ0v) is 13.5. The van der Waals surface area contributed by atoms with Crippen LogP contribution in [0.3, 0.4) is 0 Å². The SMILES string of the molecule is N=C(/C=C(\NCc1ccccc1F)c1ccon1)c1ncc(N)c(O)n1. The van der Waals surface area contributed by atoms with Crippen molar-refractivity contribution in [3.05, 3.63) is 71.8 Å². The van der Waals surface area contributed by atoms with Crippen LogP contribution < -0.4 is 11.1 Å². The van der Waals surface area contributed by atoms with E-state index in [1.165, 1.54) is 24.6 Å². The molecule has 0 aliphatic carbocycles. The summed E-state index contributed by atoms with van der Waals surface area (Å²) in [6, 6.07) is 7.94. The molecule has 2 aromatic heterocycles. The highest BCUT2D eigenvalue weighted by molar-refractivity contribution is 6.07. The van der Waals surface area contributed by atoms with E-state index in [0.717, 1.165) is 0 Å².